The van der Waals surface area contributed by atoms with Crippen molar-refractivity contribution in [1.82, 2.24) is 19.5 Å². The van der Waals surface area contributed by atoms with Gasteiger partial charge in [0.2, 0.25) is 0 Å². The van der Waals surface area contributed by atoms with E-state index >= 15 is 0 Å². The number of nitrogens with zero attached hydrogens (tertiary/aromatic N) is 4. The van der Waals surface area contributed by atoms with Crippen LogP contribution in [0.25, 0.3) is 94.7 Å². The molecule has 5 heteroatoms. The maximum atomic E-state index is 6.44. The molecule has 0 aliphatic rings. The Balaban J connectivity index is 1.25. The number of hydrogen-bond donors (Lipinski definition) is 0. The minimum absolute atomic E-state index is 0.559. The van der Waals surface area contributed by atoms with Crippen LogP contribution in [0.5, 0.6) is 0 Å². The Morgan fingerprint density at radius 2 is 0.940 bits per heavy atom. The lowest BCUT2D eigenvalue weighted by Crippen LogP contribution is -2.02. The van der Waals surface area contributed by atoms with E-state index in [-0.39, 0.29) is 0 Å². The molecule has 3 aromatic heterocycles. The second-order valence-corrected chi connectivity index (χ2v) is 12.4. The van der Waals surface area contributed by atoms with E-state index in [2.05, 4.69) is 114 Å². The van der Waals surface area contributed by atoms with Crippen molar-refractivity contribution in [3.8, 4) is 51.0 Å². The Labute approximate surface area is 287 Å². The lowest BCUT2D eigenvalue weighted by molar-refractivity contribution is 0.669. The quantitative estimate of drug-likeness (QED) is 0.188. The number of para-hydroxylation sites is 4. The van der Waals surface area contributed by atoms with Crippen molar-refractivity contribution < 1.29 is 4.42 Å². The fourth-order valence-electron chi connectivity index (χ4n) is 7.16. The zero-order valence-electron chi connectivity index (χ0n) is 26.9. The number of fused-ring (bicyclic) bond motifs is 6. The van der Waals surface area contributed by atoms with Gasteiger partial charge in [0.1, 0.15) is 11.2 Å². The first kappa shape index (κ1) is 28.2. The van der Waals surface area contributed by atoms with E-state index in [1.165, 1.54) is 10.8 Å². The Morgan fingerprint density at radius 3 is 1.66 bits per heavy atom. The molecule has 0 N–H and O–H groups in total. The van der Waals surface area contributed by atoms with Crippen LogP contribution in [0.2, 0.25) is 0 Å². The van der Waals surface area contributed by atoms with Gasteiger partial charge in [0.05, 0.1) is 22.3 Å². The van der Waals surface area contributed by atoms with Gasteiger partial charge in [0.25, 0.3) is 0 Å². The second-order valence-electron chi connectivity index (χ2n) is 12.4. The van der Waals surface area contributed by atoms with E-state index in [0.717, 1.165) is 66.5 Å². The molecule has 0 radical (unpaired) electrons. The number of benzene rings is 7. The molecule has 0 amide bonds. The summed E-state index contributed by atoms with van der Waals surface area (Å²) in [6, 6.07) is 58.6. The smallest absolute Gasteiger partial charge is 0.167 e. The van der Waals surface area contributed by atoms with Crippen molar-refractivity contribution in [2.75, 3.05) is 0 Å². The maximum Gasteiger partial charge on any atom is 0.167 e. The van der Waals surface area contributed by atoms with Gasteiger partial charge in [0, 0.05) is 38.2 Å². The summed E-state index contributed by atoms with van der Waals surface area (Å²) in [5, 5.41) is 4.51. The van der Waals surface area contributed by atoms with Crippen molar-refractivity contribution in [3.05, 3.63) is 170 Å². The highest BCUT2D eigenvalue weighted by molar-refractivity contribution is 6.10. The van der Waals surface area contributed by atoms with Crippen molar-refractivity contribution in [2.24, 2.45) is 0 Å². The average Bonchev–Trinajstić information content (AvgIpc) is 3.74. The minimum Gasteiger partial charge on any atom is -0.455 e. The van der Waals surface area contributed by atoms with Crippen LogP contribution in [0, 0.1) is 0 Å². The Kier molecular flexibility index (Phi) is 6.42. The highest BCUT2D eigenvalue weighted by Crippen LogP contribution is 2.39. The molecule has 10 aromatic rings. The van der Waals surface area contributed by atoms with E-state index in [1.54, 1.807) is 0 Å². The highest BCUT2D eigenvalue weighted by Gasteiger charge is 2.20. The number of aromatic nitrogens is 4. The predicted octanol–water partition coefficient (Wildman–Crippen LogP) is 11.5. The molecule has 0 saturated carbocycles. The van der Waals surface area contributed by atoms with Crippen molar-refractivity contribution in [1.29, 1.82) is 0 Å². The second kappa shape index (κ2) is 11.4. The first-order valence-electron chi connectivity index (χ1n) is 16.7. The third-order valence-corrected chi connectivity index (χ3v) is 9.47. The summed E-state index contributed by atoms with van der Waals surface area (Å²) in [4.78, 5) is 15.3. The monoisotopic (exact) mass is 640 g/mol. The Hall–Kier alpha value is -6.85. The van der Waals surface area contributed by atoms with Crippen molar-refractivity contribution >= 4 is 43.7 Å². The van der Waals surface area contributed by atoms with Crippen LogP contribution < -0.4 is 0 Å². The summed E-state index contributed by atoms with van der Waals surface area (Å²) in [5.74, 6) is 1.75. The standard InChI is InChI=1S/C45H28N4O/c1-3-14-29(15-4-1)32-27-26-31(28-40(32)49-38-23-10-7-18-33(38)34-19-8-11-24-39(34)49)44-46-43(30-16-5-2-6-17-30)47-45(48-44)37-22-13-21-36-35-20-9-12-25-41(35)50-42(36)37/h1-28H. The van der Waals surface area contributed by atoms with Gasteiger partial charge in [-0.25, -0.2) is 15.0 Å². The van der Waals surface area contributed by atoms with E-state index in [0.29, 0.717) is 17.5 Å². The zero-order chi connectivity index (χ0) is 33.0. The SMILES string of the molecule is c1ccc(-c2nc(-c3ccc(-c4ccccc4)c(-n4c5ccccc5c5ccccc54)c3)nc(-c3cccc4c3oc3ccccc34)n2)cc1. The summed E-state index contributed by atoms with van der Waals surface area (Å²) < 4.78 is 8.81. The number of hydrogen-bond acceptors (Lipinski definition) is 4. The topological polar surface area (TPSA) is 56.7 Å². The highest BCUT2D eigenvalue weighted by atomic mass is 16.3. The van der Waals surface area contributed by atoms with Crippen LogP contribution in [0.3, 0.4) is 0 Å². The lowest BCUT2D eigenvalue weighted by atomic mass is 10.0. The van der Waals surface area contributed by atoms with Gasteiger partial charge < -0.3 is 8.98 Å². The number of furan rings is 1. The normalized spacial score (nSPS) is 11.6. The van der Waals surface area contributed by atoms with Crippen LogP contribution in [-0.4, -0.2) is 19.5 Å². The first-order chi connectivity index (χ1) is 24.8. The fraction of sp³-hybridized carbons (Fsp3) is 0. The third-order valence-electron chi connectivity index (χ3n) is 9.47. The summed E-state index contributed by atoms with van der Waals surface area (Å²) in [5.41, 5.74) is 9.80. The number of rotatable bonds is 5. The van der Waals surface area contributed by atoms with Gasteiger partial charge in [-0.2, -0.15) is 0 Å². The summed E-state index contributed by atoms with van der Waals surface area (Å²) in [6.07, 6.45) is 0. The fourth-order valence-corrected chi connectivity index (χ4v) is 7.16. The van der Waals surface area contributed by atoms with Crippen LogP contribution in [0.4, 0.5) is 0 Å². The summed E-state index contributed by atoms with van der Waals surface area (Å²) in [7, 11) is 0. The molecule has 234 valence electrons. The zero-order valence-corrected chi connectivity index (χ0v) is 26.9. The maximum absolute atomic E-state index is 6.44. The molecule has 10 rings (SSSR count). The summed E-state index contributed by atoms with van der Waals surface area (Å²) >= 11 is 0. The average molecular weight is 641 g/mol. The first-order valence-corrected chi connectivity index (χ1v) is 16.7. The molecule has 3 heterocycles. The molecule has 0 spiro atoms. The van der Waals surface area contributed by atoms with Gasteiger partial charge in [0.15, 0.2) is 17.5 Å². The van der Waals surface area contributed by atoms with Crippen LogP contribution in [0.15, 0.2) is 174 Å². The molecule has 50 heavy (non-hydrogen) atoms. The Morgan fingerprint density at radius 1 is 0.380 bits per heavy atom. The molecular weight excluding hydrogens is 613 g/mol. The van der Waals surface area contributed by atoms with Gasteiger partial charge in [-0.15, -0.1) is 0 Å². The van der Waals surface area contributed by atoms with Gasteiger partial charge >= 0.3 is 0 Å². The van der Waals surface area contributed by atoms with E-state index in [4.69, 9.17) is 19.4 Å². The molecule has 0 aliphatic carbocycles. The molecule has 0 saturated heterocycles. The van der Waals surface area contributed by atoms with Crippen LogP contribution in [-0.2, 0) is 0 Å². The van der Waals surface area contributed by atoms with Gasteiger partial charge in [-0.05, 0) is 35.9 Å². The molecule has 5 nitrogen and oxygen atoms in total. The Bertz CT molecular complexity index is 2820. The van der Waals surface area contributed by atoms with E-state index in [9.17, 15) is 0 Å². The third kappa shape index (κ3) is 4.52. The van der Waals surface area contributed by atoms with E-state index < -0.39 is 0 Å². The van der Waals surface area contributed by atoms with Crippen LogP contribution >= 0.6 is 0 Å². The predicted molar refractivity (Wildman–Crippen MR) is 203 cm³/mol. The van der Waals surface area contributed by atoms with Crippen molar-refractivity contribution in [2.45, 2.75) is 0 Å². The van der Waals surface area contributed by atoms with E-state index in [1.807, 2.05) is 60.7 Å². The van der Waals surface area contributed by atoms with Crippen LogP contribution in [0.1, 0.15) is 0 Å². The van der Waals surface area contributed by atoms with Crippen molar-refractivity contribution in [3.63, 3.8) is 0 Å². The van der Waals surface area contributed by atoms with Gasteiger partial charge in [-0.1, -0.05) is 140 Å². The largest absolute Gasteiger partial charge is 0.455 e. The molecule has 0 bridgehead atoms. The molecule has 0 unspecified atom stereocenters. The molecular formula is C45H28N4O. The van der Waals surface area contributed by atoms with Gasteiger partial charge in [-0.3, -0.25) is 0 Å². The summed E-state index contributed by atoms with van der Waals surface area (Å²) in [6.45, 7) is 0. The molecule has 7 aromatic carbocycles. The minimum atomic E-state index is 0.559. The lowest BCUT2D eigenvalue weighted by Gasteiger charge is -2.16. The molecule has 0 fully saturated rings. The molecule has 0 aliphatic heterocycles. The molecule has 0 atom stereocenters.